The summed E-state index contributed by atoms with van der Waals surface area (Å²) in [5.41, 5.74) is 2.00. The Morgan fingerprint density at radius 3 is 1.76 bits per heavy atom. The second-order valence-corrected chi connectivity index (χ2v) is 4.98. The first-order valence-electron chi connectivity index (χ1n) is 6.84. The van der Waals surface area contributed by atoms with Gasteiger partial charge in [0.1, 0.15) is 0 Å². The molecule has 2 rings (SSSR count). The van der Waals surface area contributed by atoms with Gasteiger partial charge in [0, 0.05) is 12.5 Å². The zero-order valence-electron chi connectivity index (χ0n) is 11.7. The third-order valence-electron chi connectivity index (χ3n) is 3.64. The summed E-state index contributed by atoms with van der Waals surface area (Å²) >= 11 is 0. The Hall–Kier alpha value is -1.81. The Morgan fingerprint density at radius 1 is 0.905 bits per heavy atom. The molecule has 0 amide bonds. The quantitative estimate of drug-likeness (QED) is 0.854. The van der Waals surface area contributed by atoms with E-state index in [1.54, 1.807) is 0 Å². The van der Waals surface area contributed by atoms with E-state index in [1.807, 2.05) is 31.2 Å². The van der Waals surface area contributed by atoms with Gasteiger partial charge in [0.05, 0.1) is 5.56 Å². The van der Waals surface area contributed by atoms with Crippen molar-refractivity contribution in [3.8, 4) is 11.1 Å². The van der Waals surface area contributed by atoms with Gasteiger partial charge in [-0.3, -0.25) is 0 Å². The molecule has 0 aliphatic rings. The average Bonchev–Trinajstić information content (AvgIpc) is 2.48. The zero-order valence-corrected chi connectivity index (χ0v) is 11.7. The van der Waals surface area contributed by atoms with Crippen LogP contribution in [0.1, 0.15) is 30.4 Å². The van der Waals surface area contributed by atoms with Gasteiger partial charge in [-0.1, -0.05) is 43.3 Å². The van der Waals surface area contributed by atoms with Crippen molar-refractivity contribution in [1.82, 2.24) is 0 Å². The smallest absolute Gasteiger partial charge is 0.396 e. The van der Waals surface area contributed by atoms with E-state index in [1.165, 1.54) is 12.1 Å². The van der Waals surface area contributed by atoms with Gasteiger partial charge < -0.3 is 5.11 Å². The zero-order chi connectivity index (χ0) is 15.5. The summed E-state index contributed by atoms with van der Waals surface area (Å²) in [5.74, 6) is 0.103. The number of rotatable bonds is 4. The fraction of sp³-hybridized carbons (Fsp3) is 0.294. The molecule has 4 heteroatoms. The van der Waals surface area contributed by atoms with Gasteiger partial charge in [0.25, 0.3) is 0 Å². The van der Waals surface area contributed by atoms with Crippen LogP contribution in [0.2, 0.25) is 0 Å². The van der Waals surface area contributed by atoms with E-state index in [4.69, 9.17) is 0 Å². The second kappa shape index (κ2) is 6.31. The molecule has 0 bridgehead atoms. The second-order valence-electron chi connectivity index (χ2n) is 4.98. The number of hydrogen-bond donors (Lipinski definition) is 1. The molecular weight excluding hydrogens is 277 g/mol. The molecular formula is C17H17F3O. The molecule has 0 aliphatic carbocycles. The van der Waals surface area contributed by atoms with Crippen LogP contribution in [-0.4, -0.2) is 11.7 Å². The van der Waals surface area contributed by atoms with Gasteiger partial charge in [-0.15, -0.1) is 0 Å². The Labute approximate surface area is 122 Å². The highest BCUT2D eigenvalue weighted by Crippen LogP contribution is 2.31. The lowest BCUT2D eigenvalue weighted by atomic mass is 9.95. The lowest BCUT2D eigenvalue weighted by Gasteiger charge is -2.13. The first kappa shape index (κ1) is 15.6. The fourth-order valence-corrected chi connectivity index (χ4v) is 2.27. The maximum Gasteiger partial charge on any atom is 0.416 e. The molecule has 112 valence electrons. The minimum atomic E-state index is -4.31. The molecule has 1 unspecified atom stereocenters. The SMILES string of the molecule is CCC(CO)c1ccc(-c2ccc(C(F)(F)F)cc2)cc1. The van der Waals surface area contributed by atoms with E-state index in [2.05, 4.69) is 0 Å². The van der Waals surface area contributed by atoms with Gasteiger partial charge in [-0.05, 0) is 35.2 Å². The summed E-state index contributed by atoms with van der Waals surface area (Å²) in [4.78, 5) is 0. The van der Waals surface area contributed by atoms with Crippen LogP contribution in [0, 0.1) is 0 Å². The first-order valence-corrected chi connectivity index (χ1v) is 6.84. The number of aliphatic hydroxyl groups excluding tert-OH is 1. The predicted molar refractivity (Wildman–Crippen MR) is 77.0 cm³/mol. The summed E-state index contributed by atoms with van der Waals surface area (Å²) in [6.45, 7) is 2.10. The molecule has 2 aromatic rings. The molecule has 0 aliphatic heterocycles. The molecule has 0 saturated heterocycles. The number of aliphatic hydroxyl groups is 1. The highest BCUT2D eigenvalue weighted by atomic mass is 19.4. The molecule has 0 fully saturated rings. The van der Waals surface area contributed by atoms with Crippen LogP contribution in [-0.2, 0) is 6.18 Å². The minimum absolute atomic E-state index is 0.0934. The van der Waals surface area contributed by atoms with E-state index in [-0.39, 0.29) is 12.5 Å². The fourth-order valence-electron chi connectivity index (χ4n) is 2.27. The van der Waals surface area contributed by atoms with E-state index < -0.39 is 11.7 Å². The van der Waals surface area contributed by atoms with Gasteiger partial charge in [-0.25, -0.2) is 0 Å². The van der Waals surface area contributed by atoms with Crippen molar-refractivity contribution in [2.24, 2.45) is 0 Å². The molecule has 0 heterocycles. The molecule has 1 nitrogen and oxygen atoms in total. The van der Waals surface area contributed by atoms with Crippen LogP contribution < -0.4 is 0 Å². The van der Waals surface area contributed by atoms with Crippen LogP contribution in [0.4, 0.5) is 13.2 Å². The monoisotopic (exact) mass is 294 g/mol. The molecule has 1 atom stereocenters. The van der Waals surface area contributed by atoms with Crippen LogP contribution in [0.15, 0.2) is 48.5 Å². The first-order chi connectivity index (χ1) is 9.95. The Balaban J connectivity index is 2.23. The minimum Gasteiger partial charge on any atom is -0.396 e. The van der Waals surface area contributed by atoms with Gasteiger partial charge >= 0.3 is 6.18 Å². The summed E-state index contributed by atoms with van der Waals surface area (Å²) in [6, 6.07) is 12.7. The average molecular weight is 294 g/mol. The molecule has 0 aromatic heterocycles. The van der Waals surface area contributed by atoms with E-state index >= 15 is 0 Å². The molecule has 0 spiro atoms. The van der Waals surface area contributed by atoms with Gasteiger partial charge in [-0.2, -0.15) is 13.2 Å². The lowest BCUT2D eigenvalue weighted by molar-refractivity contribution is -0.137. The maximum absolute atomic E-state index is 12.5. The van der Waals surface area contributed by atoms with Crippen LogP contribution >= 0.6 is 0 Å². The Kier molecular flexibility index (Phi) is 4.68. The van der Waals surface area contributed by atoms with E-state index in [0.29, 0.717) is 0 Å². The molecule has 0 radical (unpaired) electrons. The van der Waals surface area contributed by atoms with Crippen LogP contribution in [0.5, 0.6) is 0 Å². The molecule has 1 N–H and O–H groups in total. The summed E-state index contributed by atoms with van der Waals surface area (Å²) < 4.78 is 37.6. The van der Waals surface area contributed by atoms with Crippen LogP contribution in [0.3, 0.4) is 0 Å². The van der Waals surface area contributed by atoms with Crippen molar-refractivity contribution >= 4 is 0 Å². The van der Waals surface area contributed by atoms with Crippen molar-refractivity contribution in [2.75, 3.05) is 6.61 Å². The summed E-state index contributed by atoms with van der Waals surface area (Å²) in [6.07, 6.45) is -3.46. The van der Waals surface area contributed by atoms with Gasteiger partial charge in [0.15, 0.2) is 0 Å². The molecule has 0 saturated carbocycles. The van der Waals surface area contributed by atoms with E-state index in [9.17, 15) is 18.3 Å². The van der Waals surface area contributed by atoms with Crippen molar-refractivity contribution < 1.29 is 18.3 Å². The number of halogens is 3. The highest BCUT2D eigenvalue weighted by molar-refractivity contribution is 5.64. The number of alkyl halides is 3. The summed E-state index contributed by atoms with van der Waals surface area (Å²) in [7, 11) is 0. The van der Waals surface area contributed by atoms with Crippen molar-refractivity contribution in [1.29, 1.82) is 0 Å². The third-order valence-corrected chi connectivity index (χ3v) is 3.64. The normalized spacial score (nSPS) is 13.2. The topological polar surface area (TPSA) is 20.2 Å². The van der Waals surface area contributed by atoms with Crippen LogP contribution in [0.25, 0.3) is 11.1 Å². The standard InChI is InChI=1S/C17H17F3O/c1-2-12(11-21)13-3-5-14(6-4-13)15-7-9-16(10-8-15)17(18,19)20/h3-10,12,21H,2,11H2,1H3. The van der Waals surface area contributed by atoms with Crippen molar-refractivity contribution in [2.45, 2.75) is 25.4 Å². The molecule has 21 heavy (non-hydrogen) atoms. The lowest BCUT2D eigenvalue weighted by Crippen LogP contribution is -2.04. The summed E-state index contributed by atoms with van der Waals surface area (Å²) in [5, 5.41) is 9.27. The highest BCUT2D eigenvalue weighted by Gasteiger charge is 2.29. The largest absolute Gasteiger partial charge is 0.416 e. The van der Waals surface area contributed by atoms with E-state index in [0.717, 1.165) is 35.2 Å². The predicted octanol–water partition coefficient (Wildman–Crippen LogP) is 4.86. The van der Waals surface area contributed by atoms with Crippen molar-refractivity contribution in [3.05, 3.63) is 59.7 Å². The Bertz CT molecular complexity index is 566. The number of hydrogen-bond acceptors (Lipinski definition) is 1. The molecule has 2 aromatic carbocycles. The number of benzene rings is 2. The maximum atomic E-state index is 12.5. The van der Waals surface area contributed by atoms with Gasteiger partial charge in [0.2, 0.25) is 0 Å². The Morgan fingerprint density at radius 2 is 1.38 bits per heavy atom. The van der Waals surface area contributed by atoms with Crippen molar-refractivity contribution in [3.63, 3.8) is 0 Å². The third kappa shape index (κ3) is 3.64.